The normalized spacial score (nSPS) is 15.9. The van der Waals surface area contributed by atoms with E-state index in [0.717, 1.165) is 30.1 Å². The SMILES string of the molecule is COc1cccc(CCCC2CCN(Cc3nc4ccccc4n3C(C)C)CC2)c1. The molecule has 0 aliphatic carbocycles. The number of para-hydroxylation sites is 2. The minimum absolute atomic E-state index is 0.432. The Bertz CT molecular complexity index is 954. The average Bonchev–Trinajstić information content (AvgIpc) is 3.13. The summed E-state index contributed by atoms with van der Waals surface area (Å²) in [7, 11) is 1.74. The van der Waals surface area contributed by atoms with Gasteiger partial charge in [0.2, 0.25) is 0 Å². The van der Waals surface area contributed by atoms with Gasteiger partial charge in [-0.05, 0) is 88.4 Å². The average molecular weight is 406 g/mol. The number of ether oxygens (including phenoxy) is 1. The van der Waals surface area contributed by atoms with Crippen molar-refractivity contribution in [3.05, 3.63) is 59.9 Å². The van der Waals surface area contributed by atoms with Crippen molar-refractivity contribution in [2.24, 2.45) is 5.92 Å². The zero-order valence-corrected chi connectivity index (χ0v) is 18.7. The van der Waals surface area contributed by atoms with Gasteiger partial charge in [-0.25, -0.2) is 4.98 Å². The highest BCUT2D eigenvalue weighted by Gasteiger charge is 2.22. The lowest BCUT2D eigenvalue weighted by Crippen LogP contribution is -2.34. The first-order valence-electron chi connectivity index (χ1n) is 11.4. The second-order valence-corrected chi connectivity index (χ2v) is 8.94. The summed E-state index contributed by atoms with van der Waals surface area (Å²) in [6.07, 6.45) is 6.35. The zero-order valence-electron chi connectivity index (χ0n) is 18.7. The van der Waals surface area contributed by atoms with Crippen LogP contribution in [0.1, 0.15) is 57.0 Å². The molecule has 2 heterocycles. The van der Waals surface area contributed by atoms with Gasteiger partial charge in [-0.2, -0.15) is 0 Å². The van der Waals surface area contributed by atoms with Crippen LogP contribution in [0, 0.1) is 5.92 Å². The molecular weight excluding hydrogens is 370 g/mol. The lowest BCUT2D eigenvalue weighted by atomic mass is 9.90. The minimum atomic E-state index is 0.432. The predicted octanol–water partition coefficient (Wildman–Crippen LogP) is 5.86. The van der Waals surface area contributed by atoms with Crippen molar-refractivity contribution in [2.45, 2.75) is 58.5 Å². The largest absolute Gasteiger partial charge is 0.497 e. The third-order valence-corrected chi connectivity index (χ3v) is 6.47. The van der Waals surface area contributed by atoms with E-state index in [0.29, 0.717) is 6.04 Å². The van der Waals surface area contributed by atoms with Crippen LogP contribution in [0.25, 0.3) is 11.0 Å². The summed E-state index contributed by atoms with van der Waals surface area (Å²) in [5.74, 6) is 3.03. The number of benzene rings is 2. The Morgan fingerprint density at radius 1 is 1.07 bits per heavy atom. The van der Waals surface area contributed by atoms with E-state index < -0.39 is 0 Å². The Hall–Kier alpha value is -2.33. The van der Waals surface area contributed by atoms with Crippen LogP contribution in [0.5, 0.6) is 5.75 Å². The van der Waals surface area contributed by atoms with Crippen molar-refractivity contribution in [1.29, 1.82) is 0 Å². The molecule has 1 saturated heterocycles. The molecule has 1 aromatic heterocycles. The fourth-order valence-electron chi connectivity index (χ4n) is 4.84. The molecule has 4 heteroatoms. The Balaban J connectivity index is 1.28. The van der Waals surface area contributed by atoms with E-state index in [1.165, 1.54) is 55.7 Å². The molecule has 0 amide bonds. The number of aryl methyl sites for hydroxylation is 1. The molecule has 0 radical (unpaired) electrons. The van der Waals surface area contributed by atoms with Crippen LogP contribution in [0.4, 0.5) is 0 Å². The second kappa shape index (κ2) is 9.65. The van der Waals surface area contributed by atoms with Crippen molar-refractivity contribution in [1.82, 2.24) is 14.5 Å². The maximum Gasteiger partial charge on any atom is 0.124 e. The Morgan fingerprint density at radius 3 is 2.63 bits per heavy atom. The van der Waals surface area contributed by atoms with Crippen LogP contribution >= 0.6 is 0 Å². The first-order chi connectivity index (χ1) is 14.6. The highest BCUT2D eigenvalue weighted by atomic mass is 16.5. The molecule has 160 valence electrons. The summed E-state index contributed by atoms with van der Waals surface area (Å²) >= 11 is 0. The zero-order chi connectivity index (χ0) is 20.9. The number of hydrogen-bond donors (Lipinski definition) is 0. The molecule has 0 saturated carbocycles. The number of nitrogens with zero attached hydrogens (tertiary/aromatic N) is 3. The molecule has 0 bridgehead atoms. The second-order valence-electron chi connectivity index (χ2n) is 8.94. The van der Waals surface area contributed by atoms with E-state index in [-0.39, 0.29) is 0 Å². The van der Waals surface area contributed by atoms with E-state index in [1.54, 1.807) is 7.11 Å². The first kappa shape index (κ1) is 20.9. The topological polar surface area (TPSA) is 30.3 Å². The van der Waals surface area contributed by atoms with Crippen molar-refractivity contribution in [3.63, 3.8) is 0 Å². The van der Waals surface area contributed by atoms with E-state index >= 15 is 0 Å². The molecule has 4 nitrogen and oxygen atoms in total. The Morgan fingerprint density at radius 2 is 1.87 bits per heavy atom. The maximum atomic E-state index is 5.34. The van der Waals surface area contributed by atoms with Gasteiger partial charge in [0.1, 0.15) is 11.6 Å². The van der Waals surface area contributed by atoms with Crippen LogP contribution in [-0.4, -0.2) is 34.7 Å². The molecule has 4 rings (SSSR count). The number of methoxy groups -OCH3 is 1. The summed E-state index contributed by atoms with van der Waals surface area (Å²) in [4.78, 5) is 7.55. The molecule has 0 N–H and O–H groups in total. The Labute approximate surface area is 180 Å². The number of aromatic nitrogens is 2. The number of likely N-dealkylation sites (tertiary alicyclic amines) is 1. The summed E-state index contributed by atoms with van der Waals surface area (Å²) < 4.78 is 7.75. The number of fused-ring (bicyclic) bond motifs is 1. The predicted molar refractivity (Wildman–Crippen MR) is 124 cm³/mol. The molecular formula is C26H35N3O. The lowest BCUT2D eigenvalue weighted by Gasteiger charge is -2.32. The molecule has 1 aliphatic rings. The molecule has 3 aromatic rings. The minimum Gasteiger partial charge on any atom is -0.497 e. The third-order valence-electron chi connectivity index (χ3n) is 6.47. The molecule has 0 unspecified atom stereocenters. The fraction of sp³-hybridized carbons (Fsp3) is 0.500. The third kappa shape index (κ3) is 4.86. The van der Waals surface area contributed by atoms with Crippen LogP contribution in [0.2, 0.25) is 0 Å². The first-order valence-corrected chi connectivity index (χ1v) is 11.4. The number of imidazole rings is 1. The van der Waals surface area contributed by atoms with E-state index in [9.17, 15) is 0 Å². The monoisotopic (exact) mass is 405 g/mol. The number of piperidine rings is 1. The quantitative estimate of drug-likeness (QED) is 0.470. The van der Waals surface area contributed by atoms with Gasteiger partial charge in [0.25, 0.3) is 0 Å². The summed E-state index contributed by atoms with van der Waals surface area (Å²) in [5.41, 5.74) is 3.77. The van der Waals surface area contributed by atoms with E-state index in [2.05, 4.69) is 65.8 Å². The van der Waals surface area contributed by atoms with Gasteiger partial charge >= 0.3 is 0 Å². The van der Waals surface area contributed by atoms with Gasteiger partial charge in [0, 0.05) is 6.04 Å². The standard InChI is InChI=1S/C26H35N3O/c1-20(2)29-25-13-5-4-12-24(25)27-26(29)19-28-16-14-21(15-17-28)8-6-9-22-10-7-11-23(18-22)30-3/h4-5,7,10-13,18,20-21H,6,8-9,14-17,19H2,1-3H3. The van der Waals surface area contributed by atoms with Crippen LogP contribution < -0.4 is 4.74 Å². The van der Waals surface area contributed by atoms with Crippen LogP contribution in [0.3, 0.4) is 0 Å². The number of rotatable bonds is 8. The van der Waals surface area contributed by atoms with Gasteiger partial charge in [-0.1, -0.05) is 30.7 Å². The van der Waals surface area contributed by atoms with Crippen molar-refractivity contribution >= 4 is 11.0 Å². The van der Waals surface area contributed by atoms with Crippen molar-refractivity contribution in [2.75, 3.05) is 20.2 Å². The van der Waals surface area contributed by atoms with Crippen LogP contribution in [-0.2, 0) is 13.0 Å². The van der Waals surface area contributed by atoms with Gasteiger partial charge in [0.05, 0.1) is 24.7 Å². The summed E-state index contributed by atoms with van der Waals surface area (Å²) in [6, 6.07) is 17.5. The van der Waals surface area contributed by atoms with E-state index in [4.69, 9.17) is 9.72 Å². The molecule has 0 atom stereocenters. The molecule has 0 spiro atoms. The maximum absolute atomic E-state index is 5.34. The van der Waals surface area contributed by atoms with Crippen molar-refractivity contribution in [3.8, 4) is 5.75 Å². The molecule has 1 aliphatic heterocycles. The van der Waals surface area contributed by atoms with Gasteiger partial charge in [0.15, 0.2) is 0 Å². The summed E-state index contributed by atoms with van der Waals surface area (Å²) in [5, 5.41) is 0. The van der Waals surface area contributed by atoms with Crippen molar-refractivity contribution < 1.29 is 4.74 Å². The summed E-state index contributed by atoms with van der Waals surface area (Å²) in [6.45, 7) is 7.85. The smallest absolute Gasteiger partial charge is 0.124 e. The molecule has 2 aromatic carbocycles. The lowest BCUT2D eigenvalue weighted by molar-refractivity contribution is 0.165. The van der Waals surface area contributed by atoms with Gasteiger partial charge in [-0.15, -0.1) is 0 Å². The Kier molecular flexibility index (Phi) is 6.73. The highest BCUT2D eigenvalue weighted by Crippen LogP contribution is 2.26. The highest BCUT2D eigenvalue weighted by molar-refractivity contribution is 5.76. The number of hydrogen-bond acceptors (Lipinski definition) is 3. The molecule has 30 heavy (non-hydrogen) atoms. The van der Waals surface area contributed by atoms with Gasteiger partial charge in [-0.3, -0.25) is 4.90 Å². The molecule has 1 fully saturated rings. The van der Waals surface area contributed by atoms with E-state index in [1.807, 2.05) is 6.07 Å². The fourth-order valence-corrected chi connectivity index (χ4v) is 4.84. The van der Waals surface area contributed by atoms with Gasteiger partial charge < -0.3 is 9.30 Å². The van der Waals surface area contributed by atoms with Crippen LogP contribution in [0.15, 0.2) is 48.5 Å².